The summed E-state index contributed by atoms with van der Waals surface area (Å²) in [7, 11) is -11.6. The Hall–Kier alpha value is -6.29. The summed E-state index contributed by atoms with van der Waals surface area (Å²) in [6.07, 6.45) is -27.2. The zero-order chi connectivity index (χ0) is 74.7. The predicted octanol–water partition coefficient (Wildman–Crippen LogP) is -14.0. The smallest absolute Gasteiger partial charge is 0.341 e. The van der Waals surface area contributed by atoms with Gasteiger partial charge in [0.1, 0.15) is 67.0 Å². The molecule has 0 bridgehead atoms. The number of carbonyl (C=O) groups excluding carboxylic acids is 3. The zero-order valence-corrected chi connectivity index (χ0v) is 53.6. The van der Waals surface area contributed by atoms with Gasteiger partial charge in [-0.25, -0.2) is 0 Å². The Kier molecular flexibility index (Phi) is 37.7. The molecule has 3 amide bonds. The SMILES string of the molecule is O=C(O)CN(CCN(CC(=O)O)CC(=O)O)CCN(CC(=O)O)CC(=O)NC1[C@H](O[C@H]2C(CO)O[C@@H](O[C@@H](C(O)CO)[C@H](O)C(CO)NC(=O)CC(P(=O)(O)O)P(=O)(O)O)C(NC(=O)CN(CCN(CCN(CC(=O)O)CC(=O)O)CC(=O)O)CC(=O)O)[C@H]2O)OC(CO)[C@H](O)[C@@H]1O. The highest BCUT2D eigenvalue weighted by atomic mass is 31.2. The molecule has 0 aromatic carbocycles. The van der Waals surface area contributed by atoms with Gasteiger partial charge in [-0.3, -0.25) is 91.3 Å². The summed E-state index contributed by atoms with van der Waals surface area (Å²) in [4.78, 5) is 179. The maximum atomic E-state index is 14.3. The van der Waals surface area contributed by atoms with E-state index in [-0.39, 0.29) is 32.7 Å². The fraction of sp³-hybridized carbons (Fsp3) is 0.776. The van der Waals surface area contributed by atoms with Crippen molar-refractivity contribution < 1.29 is 187 Å². The van der Waals surface area contributed by atoms with Gasteiger partial charge in [0.2, 0.25) is 17.7 Å². The van der Waals surface area contributed by atoms with Crippen LogP contribution < -0.4 is 16.0 Å². The van der Waals surface area contributed by atoms with E-state index in [0.29, 0.717) is 0 Å². The quantitative estimate of drug-likeness (QED) is 0.0252. The molecule has 0 spiro atoms. The van der Waals surface area contributed by atoms with Gasteiger partial charge < -0.3 is 141 Å². The minimum Gasteiger partial charge on any atom is -0.480 e. The van der Waals surface area contributed by atoms with Crippen molar-refractivity contribution in [2.75, 3.05) is 144 Å². The lowest BCUT2D eigenvalue weighted by atomic mass is 9.94. The summed E-state index contributed by atoms with van der Waals surface area (Å²) >= 11 is 0. The highest BCUT2D eigenvalue weighted by Gasteiger charge is 2.54. The van der Waals surface area contributed by atoms with Crippen LogP contribution in [0.3, 0.4) is 0 Å². The van der Waals surface area contributed by atoms with Gasteiger partial charge >= 0.3 is 62.9 Å². The molecule has 14 atom stereocenters. The van der Waals surface area contributed by atoms with Gasteiger partial charge in [-0.15, -0.1) is 0 Å². The third kappa shape index (κ3) is 31.5. The summed E-state index contributed by atoms with van der Waals surface area (Å²) in [5, 5.41) is 178. The van der Waals surface area contributed by atoms with E-state index in [0.717, 1.165) is 29.4 Å². The van der Waals surface area contributed by atoms with Crippen LogP contribution in [0, 0.1) is 0 Å². The number of ether oxygens (including phenoxy) is 4. The number of rotatable bonds is 50. The van der Waals surface area contributed by atoms with E-state index >= 15 is 0 Å². The highest BCUT2D eigenvalue weighted by molar-refractivity contribution is 7.70. The average Bonchev–Trinajstić information content (AvgIpc) is 0.777. The molecule has 2 aliphatic rings. The van der Waals surface area contributed by atoms with Crippen molar-refractivity contribution in [2.45, 2.75) is 97.5 Å². The number of aliphatic carboxylic acids is 8. The summed E-state index contributed by atoms with van der Waals surface area (Å²) < 4.78 is 47.3. The maximum Gasteiger partial charge on any atom is 0.341 e. The van der Waals surface area contributed by atoms with Crippen LogP contribution in [0.4, 0.5) is 0 Å². The maximum absolute atomic E-state index is 14.3. The van der Waals surface area contributed by atoms with Crippen molar-refractivity contribution in [1.29, 1.82) is 0 Å². The molecule has 47 nitrogen and oxygen atoms in total. The van der Waals surface area contributed by atoms with Crippen molar-refractivity contribution in [3.8, 4) is 0 Å². The third-order valence-electron chi connectivity index (χ3n) is 14.5. The summed E-state index contributed by atoms with van der Waals surface area (Å²) in [6.45, 7) is -17.6. The Morgan fingerprint density at radius 3 is 1.08 bits per heavy atom. The number of hydrogen-bond donors (Lipinski definition) is 24. The number of carbonyl (C=O) groups is 11. The van der Waals surface area contributed by atoms with E-state index < -0.39 is 290 Å². The van der Waals surface area contributed by atoms with Crippen molar-refractivity contribution in [2.24, 2.45) is 0 Å². The summed E-state index contributed by atoms with van der Waals surface area (Å²) in [6, 6.07) is -6.67. The van der Waals surface area contributed by atoms with Crippen molar-refractivity contribution >= 4 is 80.7 Å². The normalized spacial score (nSPS) is 22.8. The molecule has 0 aromatic rings. The number of amides is 3. The lowest BCUT2D eigenvalue weighted by molar-refractivity contribution is -0.341. The van der Waals surface area contributed by atoms with Gasteiger partial charge in [0.15, 0.2) is 18.0 Å². The molecule has 564 valence electrons. The number of nitrogens with zero attached hydrogens (tertiary/aromatic N) is 6. The average molecular weight is 1470 g/mol. The minimum atomic E-state index is -5.80. The lowest BCUT2D eigenvalue weighted by Crippen LogP contribution is -2.70. The van der Waals surface area contributed by atoms with Crippen LogP contribution in [0.25, 0.3) is 0 Å². The van der Waals surface area contributed by atoms with E-state index in [4.69, 9.17) is 18.9 Å². The van der Waals surface area contributed by atoms with Crippen molar-refractivity contribution in [1.82, 2.24) is 45.3 Å². The van der Waals surface area contributed by atoms with Gasteiger partial charge in [0.25, 0.3) is 0 Å². The van der Waals surface area contributed by atoms with Crippen LogP contribution in [0.2, 0.25) is 0 Å². The molecule has 2 rings (SSSR count). The second-order valence-electron chi connectivity index (χ2n) is 22.3. The Labute approximate surface area is 553 Å². The molecule has 98 heavy (non-hydrogen) atoms. The molecule has 0 saturated carbocycles. The predicted molar refractivity (Wildman–Crippen MR) is 313 cm³/mol. The Morgan fingerprint density at radius 1 is 0.429 bits per heavy atom. The first-order chi connectivity index (χ1) is 45.5. The molecule has 0 radical (unpaired) electrons. The van der Waals surface area contributed by atoms with Gasteiger partial charge in [-0.2, -0.15) is 0 Å². The Balaban J connectivity index is 2.76. The zero-order valence-electron chi connectivity index (χ0n) is 51.8. The largest absolute Gasteiger partial charge is 0.480 e. The number of aliphatic hydroxyl groups is 9. The van der Waals surface area contributed by atoms with Gasteiger partial charge in [-0.05, 0) is 0 Å². The van der Waals surface area contributed by atoms with E-state index in [9.17, 15) is 168 Å². The second-order valence-corrected chi connectivity index (χ2v) is 26.3. The van der Waals surface area contributed by atoms with Crippen LogP contribution in [0.5, 0.6) is 0 Å². The number of nitrogens with one attached hydrogen (secondary N) is 3. The van der Waals surface area contributed by atoms with Gasteiger partial charge in [-0.1, -0.05) is 0 Å². The summed E-state index contributed by atoms with van der Waals surface area (Å²) in [5.74, 6) is -16.2. The van der Waals surface area contributed by atoms with E-state index in [1.54, 1.807) is 5.32 Å². The fourth-order valence-electron chi connectivity index (χ4n) is 9.93. The molecule has 2 saturated heterocycles. The monoisotopic (exact) mass is 1470 g/mol. The van der Waals surface area contributed by atoms with E-state index in [1.807, 2.05) is 0 Å². The highest BCUT2D eigenvalue weighted by Crippen LogP contribution is 2.61. The lowest BCUT2D eigenvalue weighted by Gasteiger charge is -2.49. The standard InChI is InChI=1S/C49H85N9O38P2/c59-20-24(50-28(64)9-39(97(87,88)89)98(90,91)92)42(83)46(25(63)21-60)95-49-41(52-30(66)11-56(15-34(73)74)6-2-54(13-32(69)70)4-8-58(18-37(79)80)19-38(81)82)45(86)47(27(23-62)94-49)96-48-40(44(85)43(84)26(22-61)93-48)51-29(65)10-55(14-33(71)72)5-1-53(12-31(67)68)3-7-57(16-35(75)76)17-36(77)78/h24-27,39-49,59-63,83-86H,1-23H2,(H,50,64)(H,51,65)(H,52,66)(H,67,68)(H,69,70)(H,71,72)(H,73,74)(H,75,76)(H,77,78)(H,79,80)(H,81,82)(H2,87,88,89)(H2,90,91,92)/t24?,25?,26?,27?,40?,41?,42-,43+,44-,45-,46+,47+,48+,49+/m1/s1. The van der Waals surface area contributed by atoms with Crippen LogP contribution >= 0.6 is 15.2 Å². The minimum absolute atomic E-state index is 0.316. The van der Waals surface area contributed by atoms with Crippen LogP contribution in [0.1, 0.15) is 6.42 Å². The van der Waals surface area contributed by atoms with E-state index in [2.05, 4.69) is 10.6 Å². The van der Waals surface area contributed by atoms with Gasteiger partial charge in [0, 0.05) is 52.4 Å². The molecule has 6 unspecified atom stereocenters. The van der Waals surface area contributed by atoms with E-state index in [1.165, 1.54) is 0 Å². The molecule has 2 aliphatic heterocycles. The first-order valence-electron chi connectivity index (χ1n) is 29.1. The Morgan fingerprint density at radius 2 is 0.755 bits per heavy atom. The first-order valence-corrected chi connectivity index (χ1v) is 32.4. The molecule has 0 aliphatic carbocycles. The Bertz CT molecular complexity index is 2700. The number of aliphatic hydroxyl groups excluding tert-OH is 9. The van der Waals surface area contributed by atoms with Crippen LogP contribution in [-0.2, 0) is 80.8 Å². The number of hydrogen-bond acceptors (Lipinski definition) is 32. The number of carboxylic acid groups (broad SMARTS) is 8. The first kappa shape index (κ1) is 87.8. The topological polar surface area (TPSA) is 739 Å². The fourth-order valence-corrected chi connectivity index (χ4v) is 12.3. The molecule has 0 aromatic heterocycles. The van der Waals surface area contributed by atoms with Crippen LogP contribution in [0.15, 0.2) is 0 Å². The molecular weight excluding hydrogens is 1380 g/mol. The van der Waals surface area contributed by atoms with Crippen molar-refractivity contribution in [3.63, 3.8) is 0 Å². The molecule has 49 heteroatoms. The molecule has 24 N–H and O–H groups in total. The molecule has 2 fully saturated rings. The third-order valence-corrected chi connectivity index (χ3v) is 18.2. The second kappa shape index (κ2) is 42.1. The molecular formula is C49H85N9O38P2. The van der Waals surface area contributed by atoms with Crippen molar-refractivity contribution in [3.05, 3.63) is 0 Å². The molecule has 2 heterocycles. The number of carboxylic acids is 8. The van der Waals surface area contributed by atoms with Crippen LogP contribution in [-0.4, -0.2) is 437 Å². The van der Waals surface area contributed by atoms with Gasteiger partial charge in [0.05, 0.1) is 104 Å². The summed E-state index contributed by atoms with van der Waals surface area (Å²) in [5.41, 5.74) is 0.